The fraction of sp³-hybridized carbons (Fsp3) is 0. The molecule has 0 fully saturated rings. The number of hydrogen-bond donors (Lipinski definition) is 2. The van der Waals surface area contributed by atoms with Gasteiger partial charge in [0.25, 0.3) is 0 Å². The molecule has 0 amide bonds. The molecule has 0 aliphatic carbocycles. The number of thiocyanates is 3. The van der Waals surface area contributed by atoms with E-state index < -0.39 is 0 Å². The van der Waals surface area contributed by atoms with Crippen molar-refractivity contribution in [2.75, 3.05) is 0 Å². The quantitative estimate of drug-likeness (QED) is 0.285. The molecule has 56 valence electrons. The molecular weight excluding hydrogens is 254 g/mol. The summed E-state index contributed by atoms with van der Waals surface area (Å²) in [6.45, 7) is 0. The number of nitriles is 3. The molecule has 8 heteroatoms. The van der Waals surface area contributed by atoms with E-state index in [9.17, 15) is 0 Å². The Kier molecular flexibility index (Phi) is 266. The van der Waals surface area contributed by atoms with E-state index in [-0.39, 0.29) is 25.6 Å². The number of thiol groups is 1. The first kappa shape index (κ1) is 30.8. The van der Waals surface area contributed by atoms with Crippen LogP contribution in [0.5, 0.6) is 0 Å². The van der Waals surface area contributed by atoms with Gasteiger partial charge in [-0.1, -0.05) is 23.4 Å². The van der Waals surface area contributed by atoms with Crippen LogP contribution in [0.2, 0.25) is 0 Å². The van der Waals surface area contributed by atoms with Crippen molar-refractivity contribution in [2.24, 2.45) is 0 Å². The van der Waals surface area contributed by atoms with Gasteiger partial charge in [0.1, 0.15) is 5.40 Å². The Hall–Kier alpha value is -0.157. The van der Waals surface area contributed by atoms with E-state index >= 15 is 0 Å². The van der Waals surface area contributed by atoms with Crippen molar-refractivity contribution >= 4 is 37.9 Å². The average molecular weight is 258 g/mol. The van der Waals surface area contributed by atoms with Gasteiger partial charge in [0.05, 0.1) is 0 Å². The van der Waals surface area contributed by atoms with Crippen molar-refractivity contribution in [3.63, 3.8) is 0 Å². The Morgan fingerprint density at radius 2 is 1.00 bits per heavy atom. The molecule has 0 spiro atoms. The van der Waals surface area contributed by atoms with E-state index in [4.69, 9.17) is 15.8 Å². The fourth-order valence-electron chi connectivity index (χ4n) is 0. The normalized spacial score (nSPS) is 2.00. The summed E-state index contributed by atoms with van der Waals surface area (Å²) in [4.78, 5) is 0. The molecule has 3 N–H and O–H groups in total. The van der Waals surface area contributed by atoms with Gasteiger partial charge in [0.15, 0.2) is 0 Å². The topological polar surface area (TPSA) is 106 Å². The molecule has 0 aromatic carbocycles. The van der Waals surface area contributed by atoms with Gasteiger partial charge in [0.2, 0.25) is 0 Å². The Morgan fingerprint density at radius 1 is 1.00 bits per heavy atom. The minimum atomic E-state index is 0. The van der Waals surface area contributed by atoms with Gasteiger partial charge < -0.3 is 31.4 Å². The van der Waals surface area contributed by atoms with Crippen molar-refractivity contribution in [1.29, 1.82) is 15.8 Å². The third-order valence-corrected chi connectivity index (χ3v) is 0. The number of hydrogen-bond acceptors (Lipinski definition) is 7. The minimum absolute atomic E-state index is 0. The third kappa shape index (κ3) is 24700. The van der Waals surface area contributed by atoms with Crippen molar-refractivity contribution < 1.29 is 19.5 Å². The second kappa shape index (κ2) is 95.2. The Labute approximate surface area is 95.1 Å². The van der Waals surface area contributed by atoms with E-state index in [1.165, 1.54) is 16.2 Å². The van der Waals surface area contributed by atoms with E-state index in [1.807, 2.05) is 0 Å². The zero-order valence-electron chi connectivity index (χ0n) is 5.52. The molecular formula is C3H4N4S3Zn. The molecule has 0 saturated heterocycles. The van der Waals surface area contributed by atoms with Crippen LogP contribution in [-0.2, 0) is 44.7 Å². The van der Waals surface area contributed by atoms with E-state index in [0.717, 1.165) is 0 Å². The molecule has 0 saturated carbocycles. The van der Waals surface area contributed by atoms with Crippen LogP contribution in [0.4, 0.5) is 0 Å². The summed E-state index contributed by atoms with van der Waals surface area (Å²) in [7, 11) is 0. The van der Waals surface area contributed by atoms with Gasteiger partial charge in [-0.15, -0.1) is 0 Å². The largest absolute Gasteiger partial charge is 2.00 e. The second-order valence-electron chi connectivity index (χ2n) is 0.283. The summed E-state index contributed by atoms with van der Waals surface area (Å²) in [5.74, 6) is 0. The van der Waals surface area contributed by atoms with E-state index in [0.29, 0.717) is 0 Å². The SMILES string of the molecule is N.N#CS.N#C[S-].N#C[S-].[Zn+2]. The summed E-state index contributed by atoms with van der Waals surface area (Å²) in [5.41, 5.74) is 0. The van der Waals surface area contributed by atoms with Crippen molar-refractivity contribution in [2.45, 2.75) is 0 Å². The van der Waals surface area contributed by atoms with Crippen molar-refractivity contribution in [3.05, 3.63) is 0 Å². The third-order valence-electron chi connectivity index (χ3n) is 0. The van der Waals surface area contributed by atoms with Gasteiger partial charge in [0, 0.05) is 0 Å². The van der Waals surface area contributed by atoms with E-state index in [1.54, 1.807) is 0 Å². The summed E-state index contributed by atoms with van der Waals surface area (Å²) in [6, 6.07) is 0. The van der Waals surface area contributed by atoms with Crippen LogP contribution in [0.15, 0.2) is 0 Å². The standard InChI is InChI=1S/3CHNS.H3N.Zn/c3*2-1-3;;/h3*3H;1H3;/q;;;;+2/p-2. The zero-order valence-corrected chi connectivity index (χ0v) is 11.0. The molecule has 0 radical (unpaired) electrons. The maximum Gasteiger partial charge on any atom is 2.00 e. The van der Waals surface area contributed by atoms with Gasteiger partial charge in [-0.05, 0) is 0 Å². The van der Waals surface area contributed by atoms with Gasteiger partial charge >= 0.3 is 19.5 Å². The fourth-order valence-corrected chi connectivity index (χ4v) is 0. The first-order valence-electron chi connectivity index (χ1n) is 1.30. The second-order valence-corrected chi connectivity index (χ2v) is 0.848. The van der Waals surface area contributed by atoms with Crippen LogP contribution in [-0.4, -0.2) is 0 Å². The molecule has 0 aromatic heterocycles. The van der Waals surface area contributed by atoms with Gasteiger partial charge in [-0.2, -0.15) is 5.26 Å². The predicted octanol–water partition coefficient (Wildman–Crippen LogP) is 0.586. The average Bonchev–Trinajstić information content (AvgIpc) is 1.70. The minimum Gasteiger partial charge on any atom is -0.696 e. The van der Waals surface area contributed by atoms with Gasteiger partial charge in [-0.3, -0.25) is 0 Å². The summed E-state index contributed by atoms with van der Waals surface area (Å²) in [5, 5.41) is 25.6. The molecule has 0 rings (SSSR count). The first-order valence-corrected chi connectivity index (χ1v) is 2.57. The molecule has 11 heavy (non-hydrogen) atoms. The summed E-state index contributed by atoms with van der Waals surface area (Å²) < 4.78 is 0. The van der Waals surface area contributed by atoms with E-state index in [2.05, 4.69) is 37.9 Å². The molecule has 0 aliphatic rings. The molecule has 0 aliphatic heterocycles. The number of nitrogens with zero attached hydrogens (tertiary/aromatic N) is 3. The predicted molar refractivity (Wildman–Crippen MR) is 45.6 cm³/mol. The Balaban J connectivity index is -0.0000000150. The molecule has 0 atom stereocenters. The smallest absolute Gasteiger partial charge is 0.696 e. The van der Waals surface area contributed by atoms with Crippen molar-refractivity contribution in [3.8, 4) is 16.2 Å². The van der Waals surface area contributed by atoms with Crippen LogP contribution in [0, 0.1) is 32.0 Å². The number of rotatable bonds is 0. The summed E-state index contributed by atoms with van der Waals surface area (Å²) in [6.07, 6.45) is 0. The van der Waals surface area contributed by atoms with Crippen LogP contribution in [0.3, 0.4) is 0 Å². The van der Waals surface area contributed by atoms with Crippen LogP contribution in [0.1, 0.15) is 0 Å². The molecule has 0 aromatic rings. The van der Waals surface area contributed by atoms with Crippen molar-refractivity contribution in [1.82, 2.24) is 6.15 Å². The molecule has 4 nitrogen and oxygen atoms in total. The molecule has 0 unspecified atom stereocenters. The maximum absolute atomic E-state index is 7.18. The monoisotopic (exact) mass is 256 g/mol. The summed E-state index contributed by atoms with van der Waals surface area (Å²) >= 11 is 10.5. The maximum atomic E-state index is 7.18. The Bertz CT molecular complexity index is 114. The first-order chi connectivity index (χ1) is 4.24. The zero-order chi connectivity index (χ0) is 8.12. The van der Waals surface area contributed by atoms with Crippen LogP contribution >= 0.6 is 12.6 Å². The Morgan fingerprint density at radius 3 is 1.00 bits per heavy atom. The van der Waals surface area contributed by atoms with Gasteiger partial charge in [-0.25, -0.2) is 10.5 Å². The molecule has 0 bridgehead atoms. The van der Waals surface area contributed by atoms with Crippen LogP contribution in [0.25, 0.3) is 0 Å². The van der Waals surface area contributed by atoms with Crippen LogP contribution < -0.4 is 6.15 Å². The molecule has 0 heterocycles.